The molecular weight excluding hydrogens is 238 g/mol. The Morgan fingerprint density at radius 2 is 2.17 bits per heavy atom. The third kappa shape index (κ3) is 4.71. The van der Waals surface area contributed by atoms with Crippen LogP contribution in [0.2, 0.25) is 0 Å². The summed E-state index contributed by atoms with van der Waals surface area (Å²) in [5, 5.41) is 10.4. The number of nitro groups is 1. The van der Waals surface area contributed by atoms with Crippen LogP contribution in [0.3, 0.4) is 0 Å². The number of ether oxygens (including phenoxy) is 1. The minimum absolute atomic E-state index is 0.00706. The molecule has 2 N–H and O–H groups in total. The Balaban J connectivity index is 2.49. The maximum Gasteiger partial charge on any atom is 0.433 e. The van der Waals surface area contributed by atoms with Crippen LogP contribution in [0.1, 0.15) is 12.5 Å². The lowest BCUT2D eigenvalue weighted by Crippen LogP contribution is -2.17. The van der Waals surface area contributed by atoms with Crippen LogP contribution in [0.15, 0.2) is 29.3 Å². The standard InChI is InChI=1S/C11H13N3O4/c1-8(12)6-13-11(15)18-7-9-2-4-10(5-3-9)14(16)17/h2-6,8H,7,12H2,1H3. The molecule has 1 atom stereocenters. The van der Waals surface area contributed by atoms with Crippen molar-refractivity contribution in [2.24, 2.45) is 10.7 Å². The van der Waals surface area contributed by atoms with Crippen molar-refractivity contribution in [2.75, 3.05) is 0 Å². The summed E-state index contributed by atoms with van der Waals surface area (Å²) in [6, 6.07) is 5.39. The largest absolute Gasteiger partial charge is 0.443 e. The molecule has 0 aliphatic rings. The second-order valence-corrected chi connectivity index (χ2v) is 3.62. The van der Waals surface area contributed by atoms with E-state index >= 15 is 0 Å². The first kappa shape index (κ1) is 13.8. The van der Waals surface area contributed by atoms with Crippen molar-refractivity contribution in [1.82, 2.24) is 0 Å². The average Bonchev–Trinajstić information content (AvgIpc) is 2.34. The number of hydrogen-bond acceptors (Lipinski definition) is 5. The summed E-state index contributed by atoms with van der Waals surface area (Å²) in [4.78, 5) is 24.5. The number of nitro benzene ring substituents is 1. The van der Waals surface area contributed by atoms with E-state index in [0.717, 1.165) is 0 Å². The van der Waals surface area contributed by atoms with Crippen LogP contribution in [0.25, 0.3) is 0 Å². The highest BCUT2D eigenvalue weighted by molar-refractivity contribution is 5.81. The predicted octanol–water partition coefficient (Wildman–Crippen LogP) is 1.65. The minimum Gasteiger partial charge on any atom is -0.443 e. The number of nitrogens with zero attached hydrogens (tertiary/aromatic N) is 2. The van der Waals surface area contributed by atoms with Gasteiger partial charge in [0.05, 0.1) is 4.92 Å². The van der Waals surface area contributed by atoms with Gasteiger partial charge >= 0.3 is 6.09 Å². The summed E-state index contributed by atoms with van der Waals surface area (Å²) in [5.41, 5.74) is 6.00. The molecule has 7 nitrogen and oxygen atoms in total. The fourth-order valence-corrected chi connectivity index (χ4v) is 1.07. The third-order valence-electron chi connectivity index (χ3n) is 1.92. The minimum atomic E-state index is -0.745. The predicted molar refractivity (Wildman–Crippen MR) is 65.4 cm³/mol. The van der Waals surface area contributed by atoms with Gasteiger partial charge in [-0.1, -0.05) is 0 Å². The van der Waals surface area contributed by atoms with Crippen molar-refractivity contribution in [3.8, 4) is 0 Å². The van der Waals surface area contributed by atoms with Crippen molar-refractivity contribution in [3.63, 3.8) is 0 Å². The van der Waals surface area contributed by atoms with Crippen molar-refractivity contribution in [2.45, 2.75) is 19.6 Å². The molecule has 7 heteroatoms. The van der Waals surface area contributed by atoms with Crippen LogP contribution in [-0.4, -0.2) is 23.3 Å². The molecule has 0 fully saturated rings. The van der Waals surface area contributed by atoms with Gasteiger partial charge < -0.3 is 10.5 Å². The van der Waals surface area contributed by atoms with Gasteiger partial charge in [0.15, 0.2) is 0 Å². The number of rotatable bonds is 4. The molecule has 96 valence electrons. The first-order valence-electron chi connectivity index (χ1n) is 5.19. The average molecular weight is 251 g/mol. The van der Waals surface area contributed by atoms with Crippen molar-refractivity contribution >= 4 is 18.0 Å². The highest BCUT2D eigenvalue weighted by Gasteiger charge is 2.05. The van der Waals surface area contributed by atoms with E-state index in [1.54, 1.807) is 6.92 Å². The van der Waals surface area contributed by atoms with Crippen LogP contribution in [-0.2, 0) is 11.3 Å². The number of aliphatic imine (C=N–C) groups is 1. The molecule has 0 bridgehead atoms. The molecule has 1 unspecified atom stereocenters. The van der Waals surface area contributed by atoms with Gasteiger partial charge in [-0.05, 0) is 24.6 Å². The fourth-order valence-electron chi connectivity index (χ4n) is 1.07. The van der Waals surface area contributed by atoms with E-state index in [9.17, 15) is 14.9 Å². The quantitative estimate of drug-likeness (QED) is 0.497. The lowest BCUT2D eigenvalue weighted by molar-refractivity contribution is -0.384. The normalized spacial score (nSPS) is 12.3. The van der Waals surface area contributed by atoms with Crippen LogP contribution in [0.5, 0.6) is 0 Å². The van der Waals surface area contributed by atoms with Gasteiger partial charge in [-0.3, -0.25) is 10.1 Å². The zero-order valence-electron chi connectivity index (χ0n) is 9.78. The fraction of sp³-hybridized carbons (Fsp3) is 0.273. The molecule has 1 rings (SSSR count). The summed E-state index contributed by atoms with van der Waals surface area (Å²) < 4.78 is 4.82. The third-order valence-corrected chi connectivity index (χ3v) is 1.92. The van der Waals surface area contributed by atoms with Crippen molar-refractivity contribution < 1.29 is 14.5 Å². The summed E-state index contributed by atoms with van der Waals surface area (Å²) >= 11 is 0. The van der Waals surface area contributed by atoms with Gasteiger partial charge in [-0.15, -0.1) is 0 Å². The highest BCUT2D eigenvalue weighted by atomic mass is 16.6. The summed E-state index contributed by atoms with van der Waals surface area (Å²) in [6.07, 6.45) is 0.531. The molecule has 0 saturated carbocycles. The monoisotopic (exact) mass is 251 g/mol. The molecule has 0 aliphatic carbocycles. The molecule has 1 aromatic carbocycles. The number of non-ortho nitro benzene ring substituents is 1. The first-order valence-corrected chi connectivity index (χ1v) is 5.19. The summed E-state index contributed by atoms with van der Waals surface area (Å²) in [5.74, 6) is 0. The number of hydrogen-bond donors (Lipinski definition) is 1. The number of carbonyl (C=O) groups is 1. The molecule has 0 heterocycles. The van der Waals surface area contributed by atoms with Gasteiger partial charge in [0.25, 0.3) is 5.69 Å². The highest BCUT2D eigenvalue weighted by Crippen LogP contribution is 2.12. The Morgan fingerprint density at radius 1 is 1.56 bits per heavy atom. The number of benzene rings is 1. The van der Waals surface area contributed by atoms with Crippen LogP contribution in [0.4, 0.5) is 10.5 Å². The lowest BCUT2D eigenvalue weighted by Gasteiger charge is -2.01. The molecule has 0 saturated heterocycles. The number of nitrogens with two attached hydrogens (primary N) is 1. The zero-order chi connectivity index (χ0) is 13.5. The molecule has 1 aromatic rings. The molecule has 0 aliphatic heterocycles. The zero-order valence-corrected chi connectivity index (χ0v) is 9.78. The second-order valence-electron chi connectivity index (χ2n) is 3.62. The maximum atomic E-state index is 11.1. The summed E-state index contributed by atoms with van der Waals surface area (Å²) in [7, 11) is 0. The van der Waals surface area contributed by atoms with Gasteiger partial charge in [0.2, 0.25) is 0 Å². The van der Waals surface area contributed by atoms with Crippen LogP contribution < -0.4 is 5.73 Å². The van der Waals surface area contributed by atoms with Crippen LogP contribution >= 0.6 is 0 Å². The van der Waals surface area contributed by atoms with Crippen LogP contribution in [0, 0.1) is 10.1 Å². The number of amides is 1. The maximum absolute atomic E-state index is 11.1. The molecule has 18 heavy (non-hydrogen) atoms. The van der Waals surface area contributed by atoms with Crippen molar-refractivity contribution in [1.29, 1.82) is 0 Å². The molecule has 1 amide bonds. The van der Waals surface area contributed by atoms with E-state index in [0.29, 0.717) is 5.56 Å². The Kier molecular flexibility index (Phi) is 4.94. The topological polar surface area (TPSA) is 108 Å². The molecular formula is C11H13N3O4. The van der Waals surface area contributed by atoms with Gasteiger partial charge in [0.1, 0.15) is 6.61 Å². The Hall–Kier alpha value is -2.28. The van der Waals surface area contributed by atoms with E-state index in [1.807, 2.05) is 0 Å². The molecule has 0 radical (unpaired) electrons. The Bertz CT molecular complexity index is 454. The number of carbonyl (C=O) groups excluding carboxylic acids is 1. The van der Waals surface area contributed by atoms with E-state index in [4.69, 9.17) is 10.5 Å². The molecule has 0 spiro atoms. The van der Waals surface area contributed by atoms with E-state index in [-0.39, 0.29) is 18.3 Å². The van der Waals surface area contributed by atoms with Gasteiger partial charge in [0, 0.05) is 24.4 Å². The SMILES string of the molecule is CC(N)C=NC(=O)OCc1ccc([N+](=O)[O-])cc1. The van der Waals surface area contributed by atoms with E-state index < -0.39 is 11.0 Å². The summed E-state index contributed by atoms with van der Waals surface area (Å²) in [6.45, 7) is 1.68. The Morgan fingerprint density at radius 3 is 2.67 bits per heavy atom. The lowest BCUT2D eigenvalue weighted by atomic mass is 10.2. The van der Waals surface area contributed by atoms with E-state index in [1.165, 1.54) is 30.5 Å². The van der Waals surface area contributed by atoms with Gasteiger partial charge in [-0.25, -0.2) is 4.79 Å². The van der Waals surface area contributed by atoms with Crippen molar-refractivity contribution in [3.05, 3.63) is 39.9 Å². The smallest absolute Gasteiger partial charge is 0.433 e. The van der Waals surface area contributed by atoms with E-state index in [2.05, 4.69) is 4.99 Å². The second kappa shape index (κ2) is 6.45. The van der Waals surface area contributed by atoms with Gasteiger partial charge in [-0.2, -0.15) is 4.99 Å². The molecule has 0 aromatic heterocycles. The first-order chi connectivity index (χ1) is 8.49. The Labute approximate surface area is 103 Å².